The van der Waals surface area contributed by atoms with E-state index in [1.54, 1.807) is 11.2 Å². The summed E-state index contributed by atoms with van der Waals surface area (Å²) in [7, 11) is 0. The van der Waals surface area contributed by atoms with E-state index in [-0.39, 0.29) is 12.1 Å². The standard InChI is InChI=1S/C11H17N3O2/c1-5-14-9(8-6-16-13-7(8)2)12-11(3,4)10(14)15/h6,9,12H,5H2,1-4H3. The molecule has 0 aliphatic carbocycles. The predicted molar refractivity (Wildman–Crippen MR) is 58.6 cm³/mol. The SMILES string of the molecule is CCN1C(=O)C(C)(C)NC1c1conc1C. The third-order valence-corrected chi connectivity index (χ3v) is 3.03. The molecular formula is C11H17N3O2. The Bertz CT molecular complexity index is 411. The van der Waals surface area contributed by atoms with Gasteiger partial charge in [-0.2, -0.15) is 0 Å². The van der Waals surface area contributed by atoms with Gasteiger partial charge in [-0.1, -0.05) is 5.16 Å². The number of carbonyl (C=O) groups excluding carboxylic acids is 1. The molecule has 5 heteroatoms. The molecule has 16 heavy (non-hydrogen) atoms. The average molecular weight is 223 g/mol. The third kappa shape index (κ3) is 1.51. The van der Waals surface area contributed by atoms with E-state index in [2.05, 4.69) is 10.5 Å². The lowest BCUT2D eigenvalue weighted by atomic mass is 10.1. The third-order valence-electron chi connectivity index (χ3n) is 3.03. The van der Waals surface area contributed by atoms with Crippen molar-refractivity contribution in [1.82, 2.24) is 15.4 Å². The van der Waals surface area contributed by atoms with Gasteiger partial charge in [0.05, 0.1) is 16.8 Å². The van der Waals surface area contributed by atoms with E-state index in [9.17, 15) is 4.79 Å². The van der Waals surface area contributed by atoms with E-state index >= 15 is 0 Å². The van der Waals surface area contributed by atoms with Gasteiger partial charge in [-0.15, -0.1) is 0 Å². The summed E-state index contributed by atoms with van der Waals surface area (Å²) in [6.07, 6.45) is 1.48. The van der Waals surface area contributed by atoms with Gasteiger partial charge in [-0.25, -0.2) is 0 Å². The smallest absolute Gasteiger partial charge is 0.243 e. The fraction of sp³-hybridized carbons (Fsp3) is 0.636. The molecule has 1 amide bonds. The zero-order chi connectivity index (χ0) is 11.9. The van der Waals surface area contributed by atoms with Gasteiger partial charge in [0.1, 0.15) is 12.4 Å². The van der Waals surface area contributed by atoms with Gasteiger partial charge in [-0.3, -0.25) is 10.1 Å². The largest absolute Gasteiger partial charge is 0.364 e. The minimum Gasteiger partial charge on any atom is -0.364 e. The minimum absolute atomic E-state index is 0.112. The maximum atomic E-state index is 12.1. The lowest BCUT2D eigenvalue weighted by Crippen LogP contribution is -2.40. The van der Waals surface area contributed by atoms with Crippen molar-refractivity contribution in [2.45, 2.75) is 39.4 Å². The Morgan fingerprint density at radius 1 is 1.62 bits per heavy atom. The number of nitrogens with zero attached hydrogens (tertiary/aromatic N) is 2. The molecule has 1 fully saturated rings. The van der Waals surface area contributed by atoms with Gasteiger partial charge in [0.25, 0.3) is 0 Å². The molecule has 0 bridgehead atoms. The van der Waals surface area contributed by atoms with Crippen molar-refractivity contribution in [3.05, 3.63) is 17.5 Å². The summed E-state index contributed by atoms with van der Waals surface area (Å²) in [4.78, 5) is 13.9. The quantitative estimate of drug-likeness (QED) is 0.818. The first-order valence-electron chi connectivity index (χ1n) is 5.47. The summed E-state index contributed by atoms with van der Waals surface area (Å²) in [5.41, 5.74) is 1.23. The van der Waals surface area contributed by atoms with E-state index in [4.69, 9.17) is 4.52 Å². The van der Waals surface area contributed by atoms with Crippen molar-refractivity contribution in [2.75, 3.05) is 6.54 Å². The van der Waals surface area contributed by atoms with Gasteiger partial charge in [0.15, 0.2) is 0 Å². The summed E-state index contributed by atoms with van der Waals surface area (Å²) < 4.78 is 4.93. The number of rotatable bonds is 2. The lowest BCUT2D eigenvalue weighted by Gasteiger charge is -2.21. The molecule has 2 rings (SSSR count). The first kappa shape index (κ1) is 11.1. The second-order valence-electron chi connectivity index (χ2n) is 4.62. The molecule has 1 aliphatic heterocycles. The Morgan fingerprint density at radius 3 is 2.81 bits per heavy atom. The first-order chi connectivity index (χ1) is 7.47. The molecule has 0 aromatic carbocycles. The molecule has 0 saturated carbocycles. The zero-order valence-electron chi connectivity index (χ0n) is 10.1. The first-order valence-corrected chi connectivity index (χ1v) is 5.47. The van der Waals surface area contributed by atoms with Crippen LogP contribution >= 0.6 is 0 Å². The average Bonchev–Trinajstić information content (AvgIpc) is 2.71. The highest BCUT2D eigenvalue weighted by molar-refractivity contribution is 5.88. The van der Waals surface area contributed by atoms with Crippen LogP contribution in [0.4, 0.5) is 0 Å². The van der Waals surface area contributed by atoms with Crippen LogP contribution in [0.1, 0.15) is 38.2 Å². The summed E-state index contributed by atoms with van der Waals surface area (Å²) in [6.45, 7) is 8.30. The molecule has 1 aromatic rings. The molecule has 1 aromatic heterocycles. The van der Waals surface area contributed by atoms with E-state index in [1.807, 2.05) is 27.7 Å². The Hall–Kier alpha value is -1.36. The van der Waals surface area contributed by atoms with Crippen LogP contribution < -0.4 is 5.32 Å². The number of hydrogen-bond acceptors (Lipinski definition) is 4. The van der Waals surface area contributed by atoms with E-state index in [0.717, 1.165) is 11.3 Å². The molecule has 5 nitrogen and oxygen atoms in total. The van der Waals surface area contributed by atoms with Crippen molar-refractivity contribution in [3.8, 4) is 0 Å². The van der Waals surface area contributed by atoms with Crippen molar-refractivity contribution < 1.29 is 9.32 Å². The van der Waals surface area contributed by atoms with E-state index in [1.165, 1.54) is 0 Å². The number of aromatic nitrogens is 1. The van der Waals surface area contributed by atoms with Crippen molar-refractivity contribution in [3.63, 3.8) is 0 Å². The van der Waals surface area contributed by atoms with Gasteiger partial charge in [0.2, 0.25) is 5.91 Å². The molecule has 88 valence electrons. The molecule has 1 atom stereocenters. The van der Waals surface area contributed by atoms with Crippen LogP contribution in [-0.2, 0) is 4.79 Å². The second kappa shape index (κ2) is 3.59. The second-order valence-corrected chi connectivity index (χ2v) is 4.62. The van der Waals surface area contributed by atoms with Crippen molar-refractivity contribution in [2.24, 2.45) is 0 Å². The summed E-state index contributed by atoms with van der Waals surface area (Å²) in [6, 6.07) is 0. The number of nitrogens with one attached hydrogen (secondary N) is 1. The molecule has 0 spiro atoms. The van der Waals surface area contributed by atoms with Crippen LogP contribution in [0, 0.1) is 6.92 Å². The maximum Gasteiger partial charge on any atom is 0.243 e. The Morgan fingerprint density at radius 2 is 2.31 bits per heavy atom. The molecule has 1 aliphatic rings. The zero-order valence-corrected chi connectivity index (χ0v) is 10.1. The number of hydrogen-bond donors (Lipinski definition) is 1. The summed E-state index contributed by atoms with van der Waals surface area (Å²) in [5.74, 6) is 0.112. The van der Waals surface area contributed by atoms with Gasteiger partial charge in [-0.05, 0) is 27.7 Å². The Kier molecular flexibility index (Phi) is 2.50. The molecule has 1 N–H and O–H groups in total. The van der Waals surface area contributed by atoms with Gasteiger partial charge in [0, 0.05) is 6.54 Å². The molecule has 2 heterocycles. The summed E-state index contributed by atoms with van der Waals surface area (Å²) in [5, 5.41) is 7.15. The molecular weight excluding hydrogens is 206 g/mol. The Labute approximate surface area is 94.8 Å². The highest BCUT2D eigenvalue weighted by Crippen LogP contribution is 2.31. The van der Waals surface area contributed by atoms with Crippen LogP contribution in [0.2, 0.25) is 0 Å². The molecule has 0 radical (unpaired) electrons. The number of amides is 1. The van der Waals surface area contributed by atoms with Crippen LogP contribution in [0.3, 0.4) is 0 Å². The van der Waals surface area contributed by atoms with Crippen LogP contribution in [0.5, 0.6) is 0 Å². The highest BCUT2D eigenvalue weighted by Gasteiger charge is 2.45. The highest BCUT2D eigenvalue weighted by atomic mass is 16.5. The van der Waals surface area contributed by atoms with Crippen LogP contribution in [0.25, 0.3) is 0 Å². The van der Waals surface area contributed by atoms with E-state index in [0.29, 0.717) is 6.54 Å². The molecule has 1 saturated heterocycles. The van der Waals surface area contributed by atoms with Crippen LogP contribution in [-0.4, -0.2) is 28.0 Å². The molecule has 1 unspecified atom stereocenters. The Balaban J connectivity index is 2.36. The van der Waals surface area contributed by atoms with Crippen LogP contribution in [0.15, 0.2) is 10.8 Å². The fourth-order valence-electron chi connectivity index (χ4n) is 2.09. The number of aryl methyl sites for hydroxylation is 1. The predicted octanol–water partition coefficient (Wildman–Crippen LogP) is 1.21. The number of carbonyl (C=O) groups is 1. The summed E-state index contributed by atoms with van der Waals surface area (Å²) >= 11 is 0. The normalized spacial score (nSPS) is 24.1. The van der Waals surface area contributed by atoms with Crippen molar-refractivity contribution >= 4 is 5.91 Å². The monoisotopic (exact) mass is 223 g/mol. The van der Waals surface area contributed by atoms with E-state index < -0.39 is 5.54 Å². The van der Waals surface area contributed by atoms with Gasteiger partial charge >= 0.3 is 0 Å². The number of likely N-dealkylation sites (N-methyl/N-ethyl adjacent to an activating group) is 1. The lowest BCUT2D eigenvalue weighted by molar-refractivity contribution is -0.132. The minimum atomic E-state index is -0.523. The topological polar surface area (TPSA) is 58.4 Å². The maximum absolute atomic E-state index is 12.1. The van der Waals surface area contributed by atoms with Gasteiger partial charge < -0.3 is 9.42 Å². The van der Waals surface area contributed by atoms with Crippen molar-refractivity contribution in [1.29, 1.82) is 0 Å². The fourth-order valence-corrected chi connectivity index (χ4v) is 2.09.